The van der Waals surface area contributed by atoms with Gasteiger partial charge in [0.1, 0.15) is 0 Å². The monoisotopic (exact) mass is 381 g/mol. The summed E-state index contributed by atoms with van der Waals surface area (Å²) in [7, 11) is 2.09. The Morgan fingerprint density at radius 1 is 1.15 bits per heavy atom. The smallest absolute Gasteiger partial charge is 0.254 e. The first-order valence-corrected chi connectivity index (χ1v) is 10.2. The summed E-state index contributed by atoms with van der Waals surface area (Å²) < 4.78 is 0. The van der Waals surface area contributed by atoms with E-state index in [1.165, 1.54) is 0 Å². The molecule has 0 bridgehead atoms. The van der Waals surface area contributed by atoms with Gasteiger partial charge in [0.2, 0.25) is 5.91 Å². The molecule has 2 amide bonds. The van der Waals surface area contributed by atoms with Crippen LogP contribution < -0.4 is 5.32 Å². The zero-order chi connectivity index (χ0) is 18.8. The molecule has 0 saturated carbocycles. The van der Waals surface area contributed by atoms with Crippen molar-refractivity contribution in [1.82, 2.24) is 9.80 Å². The Morgan fingerprint density at radius 2 is 1.96 bits per heavy atom. The van der Waals surface area contributed by atoms with Crippen molar-refractivity contribution >= 4 is 29.3 Å². The van der Waals surface area contributed by atoms with Crippen LogP contribution in [0.5, 0.6) is 0 Å². The lowest BCUT2D eigenvalue weighted by Gasteiger charge is -2.40. The summed E-state index contributed by atoms with van der Waals surface area (Å²) in [6.45, 7) is 2.35. The zero-order valence-electron chi connectivity index (χ0n) is 15.4. The molecule has 0 aliphatic carbocycles. The van der Waals surface area contributed by atoms with Crippen LogP contribution in [0.3, 0.4) is 0 Å². The SMILES string of the molecule is CN1CCN(C(=O)c2ccc3c(c2)NC(=O)CCS3)C(c2ccccc2)C1. The average molecular weight is 382 g/mol. The van der Waals surface area contributed by atoms with Crippen LogP contribution in [0.1, 0.15) is 28.4 Å². The third kappa shape index (κ3) is 3.87. The van der Waals surface area contributed by atoms with E-state index in [9.17, 15) is 9.59 Å². The molecule has 4 rings (SSSR count). The number of carbonyl (C=O) groups excluding carboxylic acids is 2. The molecular formula is C21H23N3O2S. The van der Waals surface area contributed by atoms with Crippen molar-refractivity contribution in [3.05, 3.63) is 59.7 Å². The van der Waals surface area contributed by atoms with Gasteiger partial charge in [0, 0.05) is 42.3 Å². The number of nitrogens with zero attached hydrogens (tertiary/aromatic N) is 2. The molecule has 6 heteroatoms. The molecule has 5 nitrogen and oxygen atoms in total. The largest absolute Gasteiger partial charge is 0.329 e. The van der Waals surface area contributed by atoms with Crippen LogP contribution in [0.4, 0.5) is 5.69 Å². The number of fused-ring (bicyclic) bond motifs is 1. The van der Waals surface area contributed by atoms with E-state index in [-0.39, 0.29) is 17.9 Å². The van der Waals surface area contributed by atoms with E-state index in [1.54, 1.807) is 11.8 Å². The number of anilines is 1. The number of thioether (sulfide) groups is 1. The number of piperazine rings is 1. The maximum Gasteiger partial charge on any atom is 0.254 e. The fourth-order valence-corrected chi connectivity index (χ4v) is 4.58. The summed E-state index contributed by atoms with van der Waals surface area (Å²) in [5.74, 6) is 0.788. The highest BCUT2D eigenvalue weighted by molar-refractivity contribution is 7.99. The summed E-state index contributed by atoms with van der Waals surface area (Å²) in [6.07, 6.45) is 0.497. The van der Waals surface area contributed by atoms with Gasteiger partial charge in [-0.25, -0.2) is 0 Å². The Labute approximate surface area is 163 Å². The molecule has 0 aromatic heterocycles. The van der Waals surface area contributed by atoms with Crippen molar-refractivity contribution in [3.8, 4) is 0 Å². The molecule has 2 aliphatic heterocycles. The molecule has 2 aromatic carbocycles. The minimum Gasteiger partial charge on any atom is -0.329 e. The van der Waals surface area contributed by atoms with Crippen LogP contribution in [-0.4, -0.2) is 54.0 Å². The first-order chi connectivity index (χ1) is 13.1. The standard InChI is InChI=1S/C21H23N3O2S/c1-23-10-11-24(18(14-23)15-5-3-2-4-6-15)21(26)16-7-8-19-17(13-16)22-20(25)9-12-27-19/h2-8,13,18H,9-12,14H2,1H3,(H,22,25). The van der Waals surface area contributed by atoms with E-state index in [0.717, 1.165) is 35.0 Å². The Morgan fingerprint density at radius 3 is 2.78 bits per heavy atom. The maximum absolute atomic E-state index is 13.3. The number of benzene rings is 2. The van der Waals surface area contributed by atoms with Crippen LogP contribution in [0.2, 0.25) is 0 Å². The van der Waals surface area contributed by atoms with Crippen molar-refractivity contribution in [1.29, 1.82) is 0 Å². The molecule has 2 aromatic rings. The highest BCUT2D eigenvalue weighted by Crippen LogP contribution is 2.33. The fraction of sp³-hybridized carbons (Fsp3) is 0.333. The Hall–Kier alpha value is -2.31. The zero-order valence-corrected chi connectivity index (χ0v) is 16.2. The molecule has 1 atom stereocenters. The number of carbonyl (C=O) groups is 2. The second-order valence-corrected chi connectivity index (χ2v) is 8.18. The predicted molar refractivity (Wildman–Crippen MR) is 108 cm³/mol. The fourth-order valence-electron chi connectivity index (χ4n) is 3.64. The molecule has 140 valence electrons. The average Bonchev–Trinajstić information content (AvgIpc) is 2.88. The Bertz CT molecular complexity index is 856. The molecule has 0 radical (unpaired) electrons. The van der Waals surface area contributed by atoms with Gasteiger partial charge in [0.15, 0.2) is 0 Å². The van der Waals surface area contributed by atoms with Crippen molar-refractivity contribution in [2.24, 2.45) is 0 Å². The normalized spacial score (nSPS) is 20.6. The number of amides is 2. The van der Waals surface area contributed by atoms with Gasteiger partial charge < -0.3 is 15.1 Å². The lowest BCUT2D eigenvalue weighted by atomic mass is 10.0. The van der Waals surface area contributed by atoms with Crippen molar-refractivity contribution < 1.29 is 9.59 Å². The van der Waals surface area contributed by atoms with Gasteiger partial charge in [-0.2, -0.15) is 0 Å². The molecule has 1 saturated heterocycles. The van der Waals surface area contributed by atoms with Gasteiger partial charge in [-0.05, 0) is 30.8 Å². The minimum absolute atomic E-state index is 0.00704. The molecule has 27 heavy (non-hydrogen) atoms. The van der Waals surface area contributed by atoms with Gasteiger partial charge in [0.05, 0.1) is 11.7 Å². The Kier molecular flexibility index (Phi) is 5.18. The van der Waals surface area contributed by atoms with Crippen LogP contribution >= 0.6 is 11.8 Å². The topological polar surface area (TPSA) is 52.6 Å². The van der Waals surface area contributed by atoms with Crippen molar-refractivity contribution in [3.63, 3.8) is 0 Å². The van der Waals surface area contributed by atoms with Crippen LogP contribution in [0, 0.1) is 0 Å². The van der Waals surface area contributed by atoms with Gasteiger partial charge in [-0.3, -0.25) is 9.59 Å². The number of likely N-dealkylation sites (N-methyl/N-ethyl adjacent to an activating group) is 1. The quantitative estimate of drug-likeness (QED) is 0.868. The van der Waals surface area contributed by atoms with E-state index in [0.29, 0.717) is 18.5 Å². The number of rotatable bonds is 2. The second-order valence-electron chi connectivity index (χ2n) is 7.04. The van der Waals surface area contributed by atoms with Crippen molar-refractivity contribution in [2.45, 2.75) is 17.4 Å². The first kappa shape index (κ1) is 18.1. The van der Waals surface area contributed by atoms with E-state index in [1.807, 2.05) is 41.3 Å². The van der Waals surface area contributed by atoms with Crippen LogP contribution in [0.25, 0.3) is 0 Å². The summed E-state index contributed by atoms with van der Waals surface area (Å²) in [6, 6.07) is 15.9. The van der Waals surface area contributed by atoms with E-state index >= 15 is 0 Å². The summed E-state index contributed by atoms with van der Waals surface area (Å²) >= 11 is 1.65. The van der Waals surface area contributed by atoms with E-state index in [2.05, 4.69) is 29.4 Å². The first-order valence-electron chi connectivity index (χ1n) is 9.23. The molecular weight excluding hydrogens is 358 g/mol. The maximum atomic E-state index is 13.3. The molecule has 1 fully saturated rings. The van der Waals surface area contributed by atoms with Crippen molar-refractivity contribution in [2.75, 3.05) is 37.8 Å². The molecule has 1 unspecified atom stereocenters. The van der Waals surface area contributed by atoms with E-state index in [4.69, 9.17) is 0 Å². The van der Waals surface area contributed by atoms with Gasteiger partial charge in [-0.15, -0.1) is 11.8 Å². The summed E-state index contributed by atoms with van der Waals surface area (Å²) in [4.78, 5) is 30.5. The third-order valence-electron chi connectivity index (χ3n) is 5.12. The summed E-state index contributed by atoms with van der Waals surface area (Å²) in [5, 5.41) is 2.93. The van der Waals surface area contributed by atoms with E-state index < -0.39 is 0 Å². The van der Waals surface area contributed by atoms with Gasteiger partial charge in [0.25, 0.3) is 5.91 Å². The Balaban J connectivity index is 1.63. The van der Waals surface area contributed by atoms with Crippen LogP contribution in [-0.2, 0) is 4.79 Å². The molecule has 1 N–H and O–H groups in total. The number of nitrogens with one attached hydrogen (secondary N) is 1. The van der Waals surface area contributed by atoms with Gasteiger partial charge in [-0.1, -0.05) is 30.3 Å². The highest BCUT2D eigenvalue weighted by Gasteiger charge is 2.31. The second kappa shape index (κ2) is 7.74. The molecule has 2 aliphatic rings. The third-order valence-corrected chi connectivity index (χ3v) is 6.19. The van der Waals surface area contributed by atoms with Gasteiger partial charge >= 0.3 is 0 Å². The predicted octanol–water partition coefficient (Wildman–Crippen LogP) is 3.25. The summed E-state index contributed by atoms with van der Waals surface area (Å²) in [5.41, 5.74) is 2.52. The minimum atomic E-state index is 0.00704. The number of hydrogen-bond acceptors (Lipinski definition) is 4. The van der Waals surface area contributed by atoms with Crippen LogP contribution in [0.15, 0.2) is 53.4 Å². The number of hydrogen-bond donors (Lipinski definition) is 1. The highest BCUT2D eigenvalue weighted by atomic mass is 32.2. The molecule has 0 spiro atoms. The lowest BCUT2D eigenvalue weighted by molar-refractivity contribution is -0.115. The molecule has 2 heterocycles. The lowest BCUT2D eigenvalue weighted by Crippen LogP contribution is -2.49.